The summed E-state index contributed by atoms with van der Waals surface area (Å²) >= 11 is 0. The first-order chi connectivity index (χ1) is 12.3. The van der Waals surface area contributed by atoms with Crippen LogP contribution in [0.2, 0.25) is 0 Å². The average molecular weight is 361 g/mol. The molecular weight excluding hydrogens is 327 g/mol. The van der Waals surface area contributed by atoms with Crippen LogP contribution in [-0.4, -0.2) is 47.4 Å². The van der Waals surface area contributed by atoms with E-state index in [1.165, 1.54) is 6.07 Å². The van der Waals surface area contributed by atoms with Crippen LogP contribution in [0.1, 0.15) is 52.5 Å². The fraction of sp³-hybridized carbons (Fsp3) is 0.682. The maximum absolute atomic E-state index is 13.6. The molecule has 1 amide bonds. The lowest BCUT2D eigenvalue weighted by molar-refractivity contribution is -0.139. The number of hydrogen-bond donors (Lipinski definition) is 0. The molecule has 2 aliphatic heterocycles. The molecule has 2 fully saturated rings. The number of halogens is 1. The van der Waals surface area contributed by atoms with Crippen molar-refractivity contribution in [3.63, 3.8) is 0 Å². The molecule has 1 spiro atoms. The molecular formula is C22H33FN2O. The Morgan fingerprint density at radius 3 is 2.46 bits per heavy atom. The first-order valence-corrected chi connectivity index (χ1v) is 10.1. The van der Waals surface area contributed by atoms with Gasteiger partial charge in [-0.25, -0.2) is 4.39 Å². The number of nitrogens with zero attached hydrogens (tertiary/aromatic N) is 2. The SMILES string of the molecule is CC(C)CN1C(=O)C2(CCN(C(C)C)CC2)CC1Cc1cccc(F)c1. The van der Waals surface area contributed by atoms with E-state index in [0.717, 1.165) is 50.9 Å². The predicted molar refractivity (Wildman–Crippen MR) is 103 cm³/mol. The van der Waals surface area contributed by atoms with Gasteiger partial charge in [0.25, 0.3) is 0 Å². The minimum atomic E-state index is -0.196. The molecule has 2 saturated heterocycles. The van der Waals surface area contributed by atoms with Crippen LogP contribution in [0.5, 0.6) is 0 Å². The number of likely N-dealkylation sites (tertiary alicyclic amines) is 2. The van der Waals surface area contributed by atoms with Crippen molar-refractivity contribution < 1.29 is 9.18 Å². The van der Waals surface area contributed by atoms with Gasteiger partial charge in [-0.05, 0) is 76.2 Å². The predicted octanol–water partition coefficient (Wildman–Crippen LogP) is 4.12. The summed E-state index contributed by atoms with van der Waals surface area (Å²) < 4.78 is 13.6. The first kappa shape index (κ1) is 19.3. The Morgan fingerprint density at radius 2 is 1.88 bits per heavy atom. The lowest BCUT2D eigenvalue weighted by atomic mass is 9.75. The minimum absolute atomic E-state index is 0.192. The molecule has 1 atom stereocenters. The topological polar surface area (TPSA) is 23.6 Å². The number of carbonyl (C=O) groups excluding carboxylic acids is 1. The number of hydrogen-bond acceptors (Lipinski definition) is 2. The van der Waals surface area contributed by atoms with Crippen LogP contribution in [0.15, 0.2) is 24.3 Å². The highest BCUT2D eigenvalue weighted by Gasteiger charge is 2.52. The molecule has 0 N–H and O–H groups in total. The van der Waals surface area contributed by atoms with Gasteiger partial charge in [0.15, 0.2) is 0 Å². The van der Waals surface area contributed by atoms with E-state index in [9.17, 15) is 9.18 Å². The lowest BCUT2D eigenvalue weighted by Crippen LogP contribution is -2.47. The van der Waals surface area contributed by atoms with E-state index in [-0.39, 0.29) is 17.3 Å². The summed E-state index contributed by atoms with van der Waals surface area (Å²) in [5.41, 5.74) is 0.798. The van der Waals surface area contributed by atoms with Crippen LogP contribution >= 0.6 is 0 Å². The molecule has 3 rings (SSSR count). The summed E-state index contributed by atoms with van der Waals surface area (Å²) in [7, 11) is 0. The second-order valence-electron chi connectivity index (χ2n) is 8.95. The van der Waals surface area contributed by atoms with Gasteiger partial charge in [-0.1, -0.05) is 26.0 Å². The van der Waals surface area contributed by atoms with Crippen LogP contribution in [0.3, 0.4) is 0 Å². The number of benzene rings is 1. The van der Waals surface area contributed by atoms with Crippen LogP contribution in [0.4, 0.5) is 4.39 Å². The van der Waals surface area contributed by atoms with Crippen molar-refractivity contribution in [1.82, 2.24) is 9.80 Å². The zero-order valence-electron chi connectivity index (χ0n) is 16.7. The second kappa shape index (κ2) is 7.67. The molecule has 0 bridgehead atoms. The number of carbonyl (C=O) groups is 1. The summed E-state index contributed by atoms with van der Waals surface area (Å²) in [6.07, 6.45) is 3.59. The quantitative estimate of drug-likeness (QED) is 0.789. The van der Waals surface area contributed by atoms with Gasteiger partial charge in [0.2, 0.25) is 5.91 Å². The molecule has 2 heterocycles. The third-order valence-corrected chi connectivity index (χ3v) is 6.19. The van der Waals surface area contributed by atoms with Gasteiger partial charge in [-0.3, -0.25) is 4.79 Å². The molecule has 0 aromatic heterocycles. The summed E-state index contributed by atoms with van der Waals surface area (Å²) in [6.45, 7) is 11.6. The Balaban J connectivity index is 1.78. The van der Waals surface area contributed by atoms with Crippen LogP contribution in [0.25, 0.3) is 0 Å². The second-order valence-corrected chi connectivity index (χ2v) is 8.95. The van der Waals surface area contributed by atoms with E-state index in [1.54, 1.807) is 12.1 Å². The van der Waals surface area contributed by atoms with Crippen molar-refractivity contribution in [2.45, 2.75) is 65.5 Å². The van der Waals surface area contributed by atoms with Crippen molar-refractivity contribution in [2.75, 3.05) is 19.6 Å². The van der Waals surface area contributed by atoms with E-state index in [2.05, 4.69) is 37.5 Å². The van der Waals surface area contributed by atoms with Gasteiger partial charge >= 0.3 is 0 Å². The van der Waals surface area contributed by atoms with Crippen molar-refractivity contribution in [3.05, 3.63) is 35.6 Å². The van der Waals surface area contributed by atoms with Gasteiger partial charge < -0.3 is 9.80 Å². The molecule has 26 heavy (non-hydrogen) atoms. The molecule has 2 aliphatic rings. The van der Waals surface area contributed by atoms with Crippen molar-refractivity contribution in [1.29, 1.82) is 0 Å². The Hall–Kier alpha value is -1.42. The van der Waals surface area contributed by atoms with E-state index < -0.39 is 0 Å². The average Bonchev–Trinajstić information content (AvgIpc) is 2.80. The lowest BCUT2D eigenvalue weighted by Gasteiger charge is -2.39. The highest BCUT2D eigenvalue weighted by atomic mass is 19.1. The van der Waals surface area contributed by atoms with Crippen molar-refractivity contribution >= 4 is 5.91 Å². The van der Waals surface area contributed by atoms with Crippen molar-refractivity contribution in [2.24, 2.45) is 11.3 Å². The normalized spacial score (nSPS) is 23.6. The Bertz CT molecular complexity index is 635. The van der Waals surface area contributed by atoms with Gasteiger partial charge in [0.1, 0.15) is 5.82 Å². The maximum atomic E-state index is 13.6. The third-order valence-electron chi connectivity index (χ3n) is 6.19. The molecule has 4 heteroatoms. The highest BCUT2D eigenvalue weighted by molar-refractivity contribution is 5.85. The Labute approximate surface area is 157 Å². The zero-order chi connectivity index (χ0) is 18.9. The summed E-state index contributed by atoms with van der Waals surface area (Å²) in [5, 5.41) is 0. The standard InChI is InChI=1S/C22H33FN2O/c1-16(2)15-25-20(13-18-6-5-7-19(23)12-18)14-22(21(25)26)8-10-24(11-9-22)17(3)4/h5-7,12,16-17,20H,8-11,13-15H2,1-4H3. The van der Waals surface area contributed by atoms with E-state index in [0.29, 0.717) is 17.9 Å². The Morgan fingerprint density at radius 1 is 1.19 bits per heavy atom. The maximum Gasteiger partial charge on any atom is 0.229 e. The largest absolute Gasteiger partial charge is 0.339 e. The number of amides is 1. The van der Waals surface area contributed by atoms with E-state index in [4.69, 9.17) is 0 Å². The molecule has 1 aromatic rings. The summed E-state index contributed by atoms with van der Waals surface area (Å²) in [4.78, 5) is 18.0. The number of rotatable bonds is 5. The van der Waals surface area contributed by atoms with Gasteiger partial charge in [0, 0.05) is 18.6 Å². The molecule has 144 valence electrons. The van der Waals surface area contributed by atoms with Gasteiger partial charge in [-0.15, -0.1) is 0 Å². The summed E-state index contributed by atoms with van der Waals surface area (Å²) in [6, 6.07) is 7.58. The minimum Gasteiger partial charge on any atom is -0.339 e. The van der Waals surface area contributed by atoms with E-state index >= 15 is 0 Å². The molecule has 1 aromatic carbocycles. The van der Waals surface area contributed by atoms with Gasteiger partial charge in [-0.2, -0.15) is 0 Å². The molecule has 0 radical (unpaired) electrons. The first-order valence-electron chi connectivity index (χ1n) is 10.1. The third kappa shape index (κ3) is 3.95. The molecule has 0 saturated carbocycles. The smallest absolute Gasteiger partial charge is 0.229 e. The van der Waals surface area contributed by atoms with Crippen LogP contribution in [-0.2, 0) is 11.2 Å². The monoisotopic (exact) mass is 360 g/mol. The molecule has 0 aliphatic carbocycles. The van der Waals surface area contributed by atoms with Crippen molar-refractivity contribution in [3.8, 4) is 0 Å². The van der Waals surface area contributed by atoms with Crippen LogP contribution in [0, 0.1) is 17.2 Å². The molecule has 3 nitrogen and oxygen atoms in total. The van der Waals surface area contributed by atoms with E-state index in [1.807, 2.05) is 6.07 Å². The molecule has 1 unspecified atom stereocenters. The van der Waals surface area contributed by atoms with Gasteiger partial charge in [0.05, 0.1) is 5.41 Å². The van der Waals surface area contributed by atoms with Crippen LogP contribution < -0.4 is 0 Å². The summed E-state index contributed by atoms with van der Waals surface area (Å²) in [5.74, 6) is 0.595. The Kier molecular flexibility index (Phi) is 5.71. The number of piperidine rings is 1. The zero-order valence-corrected chi connectivity index (χ0v) is 16.7. The fourth-order valence-corrected chi connectivity index (χ4v) is 4.75. The highest BCUT2D eigenvalue weighted by Crippen LogP contribution is 2.45. The fourth-order valence-electron chi connectivity index (χ4n) is 4.75.